The van der Waals surface area contributed by atoms with E-state index < -0.39 is 51.7 Å². The fourth-order valence-corrected chi connectivity index (χ4v) is 4.57. The highest BCUT2D eigenvalue weighted by Crippen LogP contribution is 2.37. The summed E-state index contributed by atoms with van der Waals surface area (Å²) >= 11 is 0. The van der Waals surface area contributed by atoms with E-state index >= 15 is 0 Å². The molecule has 1 N–H and O–H groups in total. The van der Waals surface area contributed by atoms with Gasteiger partial charge in [-0.3, -0.25) is 4.79 Å². The maximum absolute atomic E-state index is 12.9. The summed E-state index contributed by atoms with van der Waals surface area (Å²) < 4.78 is 109. The van der Waals surface area contributed by atoms with Crippen molar-refractivity contribution in [2.75, 3.05) is 25.0 Å². The molecule has 0 spiro atoms. The number of carbonyl (C=O) groups is 1. The normalized spacial score (nSPS) is 12.6. The summed E-state index contributed by atoms with van der Waals surface area (Å²) in [6.45, 7) is 4.69. The van der Waals surface area contributed by atoms with Crippen molar-refractivity contribution in [2.45, 2.75) is 38.0 Å². The van der Waals surface area contributed by atoms with Gasteiger partial charge in [0.1, 0.15) is 5.75 Å². The third-order valence-corrected chi connectivity index (χ3v) is 6.77. The van der Waals surface area contributed by atoms with Gasteiger partial charge in [0.15, 0.2) is 6.61 Å². The van der Waals surface area contributed by atoms with Crippen LogP contribution in [0, 0.1) is 6.92 Å². The molecule has 2 aromatic rings. The monoisotopic (exact) mass is 512 g/mol. The molecule has 0 aromatic heterocycles. The second kappa shape index (κ2) is 10.2. The molecule has 0 saturated heterocycles. The zero-order valence-electron chi connectivity index (χ0n) is 18.3. The molecule has 0 unspecified atom stereocenters. The van der Waals surface area contributed by atoms with Crippen molar-refractivity contribution in [1.29, 1.82) is 0 Å². The van der Waals surface area contributed by atoms with E-state index in [1.54, 1.807) is 13.8 Å². The molecule has 13 heteroatoms. The molecular weight excluding hydrogens is 490 g/mol. The number of rotatable bonds is 8. The van der Waals surface area contributed by atoms with Crippen molar-refractivity contribution in [1.82, 2.24) is 4.31 Å². The van der Waals surface area contributed by atoms with E-state index in [9.17, 15) is 39.6 Å². The third kappa shape index (κ3) is 6.63. The summed E-state index contributed by atoms with van der Waals surface area (Å²) in [4.78, 5) is 12.1. The molecule has 0 heterocycles. The Hall–Kier alpha value is -2.80. The van der Waals surface area contributed by atoms with E-state index in [1.807, 2.05) is 5.32 Å². The molecule has 0 aliphatic rings. The Balaban J connectivity index is 2.17. The summed E-state index contributed by atoms with van der Waals surface area (Å²) in [6, 6.07) is 4.63. The van der Waals surface area contributed by atoms with Gasteiger partial charge in [0.25, 0.3) is 5.91 Å². The molecule has 0 aliphatic heterocycles. The second-order valence-electron chi connectivity index (χ2n) is 7.15. The fourth-order valence-electron chi connectivity index (χ4n) is 3.02. The Morgan fingerprint density at radius 1 is 0.941 bits per heavy atom. The molecule has 0 bridgehead atoms. The van der Waals surface area contributed by atoms with Crippen molar-refractivity contribution in [2.24, 2.45) is 0 Å². The number of benzene rings is 2. The molecule has 0 atom stereocenters. The molecular formula is C21H22F6N2O4S. The number of carbonyl (C=O) groups excluding carboxylic acids is 1. The van der Waals surface area contributed by atoms with E-state index in [0.717, 1.165) is 0 Å². The lowest BCUT2D eigenvalue weighted by atomic mass is 10.1. The Kier molecular flexibility index (Phi) is 8.25. The molecule has 0 saturated carbocycles. The van der Waals surface area contributed by atoms with Gasteiger partial charge in [-0.25, -0.2) is 8.42 Å². The number of sulfonamides is 1. The lowest BCUT2D eigenvalue weighted by molar-refractivity contribution is -0.143. The van der Waals surface area contributed by atoms with Crippen LogP contribution in [-0.4, -0.2) is 38.3 Å². The van der Waals surface area contributed by atoms with Gasteiger partial charge < -0.3 is 10.1 Å². The standard InChI is InChI=1S/C21H22F6N2O4S/c1-4-29(5-2)34(31,32)17-6-7-18(13(3)8-17)33-12-19(30)28-16-10-14(20(22,23)24)9-15(11-16)21(25,26)27/h6-11H,4-5,12H2,1-3H3,(H,28,30). The Labute approximate surface area is 192 Å². The van der Waals surface area contributed by atoms with Crippen LogP contribution < -0.4 is 10.1 Å². The zero-order chi connectivity index (χ0) is 25.9. The largest absolute Gasteiger partial charge is 0.483 e. The van der Waals surface area contributed by atoms with E-state index in [1.165, 1.54) is 29.4 Å². The summed E-state index contributed by atoms with van der Waals surface area (Å²) in [5.74, 6) is -0.889. The zero-order valence-corrected chi connectivity index (χ0v) is 19.2. The Morgan fingerprint density at radius 3 is 1.91 bits per heavy atom. The summed E-state index contributed by atoms with van der Waals surface area (Å²) in [5.41, 5.74) is -3.48. The number of halogens is 6. The predicted octanol–water partition coefficient (Wildman–Crippen LogP) is 5.08. The number of hydrogen-bond donors (Lipinski definition) is 1. The van der Waals surface area contributed by atoms with Crippen LogP contribution in [0.3, 0.4) is 0 Å². The van der Waals surface area contributed by atoms with Crippen LogP contribution in [-0.2, 0) is 27.2 Å². The van der Waals surface area contributed by atoms with Gasteiger partial charge >= 0.3 is 12.4 Å². The van der Waals surface area contributed by atoms with Crippen molar-refractivity contribution in [3.63, 3.8) is 0 Å². The molecule has 1 amide bonds. The van der Waals surface area contributed by atoms with Crippen LogP contribution in [0.5, 0.6) is 5.75 Å². The number of nitrogens with one attached hydrogen (secondary N) is 1. The van der Waals surface area contributed by atoms with Gasteiger partial charge in [-0.05, 0) is 48.9 Å². The van der Waals surface area contributed by atoms with Gasteiger partial charge in [-0.15, -0.1) is 0 Å². The minimum Gasteiger partial charge on any atom is -0.483 e. The minimum atomic E-state index is -5.05. The van der Waals surface area contributed by atoms with Gasteiger partial charge in [0.05, 0.1) is 16.0 Å². The second-order valence-corrected chi connectivity index (χ2v) is 9.09. The number of nitrogens with zero attached hydrogens (tertiary/aromatic N) is 1. The molecule has 0 radical (unpaired) electrons. The smallest absolute Gasteiger partial charge is 0.416 e. The van der Waals surface area contributed by atoms with Crippen LogP contribution in [0.4, 0.5) is 32.0 Å². The topological polar surface area (TPSA) is 75.7 Å². The number of ether oxygens (including phenoxy) is 1. The van der Waals surface area contributed by atoms with E-state index in [4.69, 9.17) is 4.74 Å². The molecule has 188 valence electrons. The van der Waals surface area contributed by atoms with Gasteiger partial charge in [0.2, 0.25) is 10.0 Å². The lowest BCUT2D eigenvalue weighted by Crippen LogP contribution is -2.30. The van der Waals surface area contributed by atoms with Crippen LogP contribution >= 0.6 is 0 Å². The van der Waals surface area contributed by atoms with Crippen LogP contribution in [0.15, 0.2) is 41.3 Å². The van der Waals surface area contributed by atoms with E-state index in [0.29, 0.717) is 17.7 Å². The van der Waals surface area contributed by atoms with Crippen LogP contribution in [0.1, 0.15) is 30.5 Å². The first-order valence-corrected chi connectivity index (χ1v) is 11.4. The van der Waals surface area contributed by atoms with Gasteiger partial charge in [-0.1, -0.05) is 13.8 Å². The average molecular weight is 512 g/mol. The minimum absolute atomic E-state index is 0.00847. The highest BCUT2D eigenvalue weighted by atomic mass is 32.2. The molecule has 0 fully saturated rings. The summed E-state index contributed by atoms with van der Waals surface area (Å²) in [5, 5.41) is 1.96. The Bertz CT molecular complexity index is 1110. The maximum atomic E-state index is 12.9. The molecule has 2 aromatic carbocycles. The first-order valence-electron chi connectivity index (χ1n) is 9.92. The first-order chi connectivity index (χ1) is 15.6. The number of alkyl halides is 6. The quantitative estimate of drug-likeness (QED) is 0.501. The van der Waals surface area contributed by atoms with Crippen LogP contribution in [0.25, 0.3) is 0 Å². The highest BCUT2D eigenvalue weighted by molar-refractivity contribution is 7.89. The van der Waals surface area contributed by atoms with Crippen molar-refractivity contribution >= 4 is 21.6 Å². The van der Waals surface area contributed by atoms with Crippen molar-refractivity contribution in [3.8, 4) is 5.75 Å². The number of aryl methyl sites for hydroxylation is 1. The molecule has 6 nitrogen and oxygen atoms in total. The SMILES string of the molecule is CCN(CC)S(=O)(=O)c1ccc(OCC(=O)Nc2cc(C(F)(F)F)cc(C(F)(F)F)c2)c(C)c1. The Morgan fingerprint density at radius 2 is 1.47 bits per heavy atom. The predicted molar refractivity (Wildman–Crippen MR) is 112 cm³/mol. The fraction of sp³-hybridized carbons (Fsp3) is 0.381. The van der Waals surface area contributed by atoms with Crippen molar-refractivity contribution in [3.05, 3.63) is 53.1 Å². The van der Waals surface area contributed by atoms with Gasteiger partial charge in [0, 0.05) is 18.8 Å². The first kappa shape index (κ1) is 27.4. The third-order valence-electron chi connectivity index (χ3n) is 4.72. The molecule has 2 rings (SSSR count). The summed E-state index contributed by atoms with van der Waals surface area (Å²) in [6.07, 6.45) is -10.1. The number of amides is 1. The van der Waals surface area contributed by atoms with Crippen LogP contribution in [0.2, 0.25) is 0 Å². The van der Waals surface area contributed by atoms with E-state index in [2.05, 4.69) is 0 Å². The number of hydrogen-bond acceptors (Lipinski definition) is 4. The lowest BCUT2D eigenvalue weighted by Gasteiger charge is -2.19. The van der Waals surface area contributed by atoms with E-state index in [-0.39, 0.29) is 29.8 Å². The highest BCUT2D eigenvalue weighted by Gasteiger charge is 2.37. The maximum Gasteiger partial charge on any atom is 0.416 e. The van der Waals surface area contributed by atoms with Crippen molar-refractivity contribution < 1.29 is 44.3 Å². The number of anilines is 1. The average Bonchev–Trinajstić information content (AvgIpc) is 2.72. The molecule has 0 aliphatic carbocycles. The van der Waals surface area contributed by atoms with Gasteiger partial charge in [-0.2, -0.15) is 30.6 Å². The molecule has 34 heavy (non-hydrogen) atoms. The summed E-state index contributed by atoms with van der Waals surface area (Å²) in [7, 11) is -3.73.